The van der Waals surface area contributed by atoms with Gasteiger partial charge < -0.3 is 10.6 Å². The Balaban J connectivity index is 1.89. The zero-order chi connectivity index (χ0) is 12.3. The molecule has 1 aliphatic heterocycles. The number of hydrogen-bond acceptors (Lipinski definition) is 4. The maximum absolute atomic E-state index is 11.9. The molecule has 5 heteroatoms. The maximum atomic E-state index is 11.9. The molecule has 0 bridgehead atoms. The van der Waals surface area contributed by atoms with Gasteiger partial charge in [0.1, 0.15) is 5.69 Å². The highest BCUT2D eigenvalue weighted by molar-refractivity contribution is 7.09. The van der Waals surface area contributed by atoms with Gasteiger partial charge in [-0.1, -0.05) is 0 Å². The molecule has 1 aromatic heterocycles. The predicted octanol–water partition coefficient (Wildman–Crippen LogP) is 1.57. The van der Waals surface area contributed by atoms with E-state index in [0.29, 0.717) is 11.6 Å². The highest BCUT2D eigenvalue weighted by Crippen LogP contribution is 2.15. The minimum absolute atomic E-state index is 0.0487. The molecule has 94 valence electrons. The van der Waals surface area contributed by atoms with Gasteiger partial charge in [-0.25, -0.2) is 4.98 Å². The molecule has 0 radical (unpaired) electrons. The van der Waals surface area contributed by atoms with E-state index in [-0.39, 0.29) is 11.9 Å². The smallest absolute Gasteiger partial charge is 0.270 e. The van der Waals surface area contributed by atoms with Gasteiger partial charge in [-0.05, 0) is 45.7 Å². The van der Waals surface area contributed by atoms with Crippen LogP contribution >= 0.6 is 11.3 Å². The van der Waals surface area contributed by atoms with Crippen molar-refractivity contribution < 1.29 is 4.79 Å². The molecule has 2 N–H and O–H groups in total. The van der Waals surface area contributed by atoms with Crippen LogP contribution in [0.15, 0.2) is 5.38 Å². The number of carbonyl (C=O) groups is 1. The van der Waals surface area contributed by atoms with E-state index >= 15 is 0 Å². The fraction of sp³-hybridized carbons (Fsp3) is 0.667. The van der Waals surface area contributed by atoms with E-state index in [1.165, 1.54) is 24.2 Å². The van der Waals surface area contributed by atoms with Crippen LogP contribution in [0.25, 0.3) is 0 Å². The van der Waals surface area contributed by atoms with Crippen LogP contribution in [0.1, 0.15) is 35.3 Å². The highest BCUT2D eigenvalue weighted by Gasteiger charge is 2.22. The maximum Gasteiger partial charge on any atom is 0.270 e. The van der Waals surface area contributed by atoms with E-state index < -0.39 is 0 Å². The Kier molecular flexibility index (Phi) is 4.12. The van der Waals surface area contributed by atoms with Crippen molar-refractivity contribution in [2.45, 2.75) is 32.7 Å². The predicted molar refractivity (Wildman–Crippen MR) is 69.4 cm³/mol. The van der Waals surface area contributed by atoms with E-state index in [1.54, 1.807) is 0 Å². The summed E-state index contributed by atoms with van der Waals surface area (Å²) in [6, 6.07) is 0.206. The summed E-state index contributed by atoms with van der Waals surface area (Å²) in [6.07, 6.45) is 2.38. The van der Waals surface area contributed by atoms with Gasteiger partial charge >= 0.3 is 0 Å². The van der Waals surface area contributed by atoms with E-state index in [1.807, 2.05) is 12.3 Å². The normalized spacial score (nSPS) is 22.1. The van der Waals surface area contributed by atoms with E-state index in [0.717, 1.165) is 18.1 Å². The summed E-state index contributed by atoms with van der Waals surface area (Å²) in [7, 11) is 0. The summed E-state index contributed by atoms with van der Waals surface area (Å²) in [5.41, 5.74) is 0.545. The number of nitrogens with zero attached hydrogens (tertiary/aromatic N) is 1. The molecule has 1 saturated heterocycles. The van der Waals surface area contributed by atoms with Crippen molar-refractivity contribution in [3.63, 3.8) is 0 Å². The van der Waals surface area contributed by atoms with Crippen LogP contribution in [-0.2, 0) is 0 Å². The first-order valence-electron chi connectivity index (χ1n) is 6.10. The molecule has 4 nitrogen and oxygen atoms in total. The van der Waals surface area contributed by atoms with Crippen LogP contribution in [-0.4, -0.2) is 30.0 Å². The van der Waals surface area contributed by atoms with Crippen molar-refractivity contribution in [2.24, 2.45) is 5.92 Å². The molecule has 1 aromatic rings. The summed E-state index contributed by atoms with van der Waals surface area (Å²) < 4.78 is 0. The zero-order valence-electron chi connectivity index (χ0n) is 10.3. The molecule has 0 aromatic carbocycles. The summed E-state index contributed by atoms with van der Waals surface area (Å²) in [5.74, 6) is 0.486. The van der Waals surface area contributed by atoms with Gasteiger partial charge in [0.2, 0.25) is 0 Å². The molecule has 1 aliphatic rings. The Morgan fingerprint density at radius 3 is 3.12 bits per heavy atom. The standard InChI is InChI=1S/C12H19N3OS/c1-8(10-4-3-5-13-6-10)14-12(16)11-7-17-9(2)15-11/h7-8,10,13H,3-6H2,1-2H3,(H,14,16). The van der Waals surface area contributed by atoms with Crippen LogP contribution in [0.3, 0.4) is 0 Å². The SMILES string of the molecule is Cc1nc(C(=O)NC(C)C2CCCNC2)cs1. The third-order valence-corrected chi connectivity index (χ3v) is 4.03. The van der Waals surface area contributed by atoms with Gasteiger partial charge in [0, 0.05) is 11.4 Å². The average Bonchev–Trinajstić information content (AvgIpc) is 2.77. The van der Waals surface area contributed by atoms with Crippen LogP contribution < -0.4 is 10.6 Å². The first-order chi connectivity index (χ1) is 8.16. The fourth-order valence-electron chi connectivity index (χ4n) is 2.17. The third-order valence-electron chi connectivity index (χ3n) is 3.25. The zero-order valence-corrected chi connectivity index (χ0v) is 11.1. The lowest BCUT2D eigenvalue weighted by Gasteiger charge is -2.28. The van der Waals surface area contributed by atoms with Crippen molar-refractivity contribution in [1.82, 2.24) is 15.6 Å². The number of nitrogens with one attached hydrogen (secondary N) is 2. The molecule has 0 aliphatic carbocycles. The van der Waals surface area contributed by atoms with Crippen molar-refractivity contribution >= 4 is 17.2 Å². The second-order valence-electron chi connectivity index (χ2n) is 4.62. The van der Waals surface area contributed by atoms with Gasteiger partial charge in [-0.15, -0.1) is 11.3 Å². The van der Waals surface area contributed by atoms with Crippen molar-refractivity contribution in [1.29, 1.82) is 0 Å². The summed E-state index contributed by atoms with van der Waals surface area (Å²) >= 11 is 1.51. The molecule has 2 atom stereocenters. The van der Waals surface area contributed by atoms with Crippen molar-refractivity contribution in [2.75, 3.05) is 13.1 Å². The Labute approximate surface area is 106 Å². The first kappa shape index (κ1) is 12.5. The second-order valence-corrected chi connectivity index (χ2v) is 5.68. The largest absolute Gasteiger partial charge is 0.348 e. The lowest BCUT2D eigenvalue weighted by atomic mass is 9.93. The van der Waals surface area contributed by atoms with Crippen LogP contribution in [0.5, 0.6) is 0 Å². The Morgan fingerprint density at radius 2 is 2.53 bits per heavy atom. The lowest BCUT2D eigenvalue weighted by molar-refractivity contribution is 0.0917. The van der Waals surface area contributed by atoms with Crippen LogP contribution in [0, 0.1) is 12.8 Å². The number of aromatic nitrogens is 1. The first-order valence-corrected chi connectivity index (χ1v) is 6.98. The monoisotopic (exact) mass is 253 g/mol. The van der Waals surface area contributed by atoms with Gasteiger partial charge in [-0.3, -0.25) is 4.79 Å². The quantitative estimate of drug-likeness (QED) is 0.859. The van der Waals surface area contributed by atoms with Gasteiger partial charge in [0.25, 0.3) is 5.91 Å². The Bertz CT molecular complexity index is 385. The van der Waals surface area contributed by atoms with E-state index in [4.69, 9.17) is 0 Å². The molecule has 1 amide bonds. The average molecular weight is 253 g/mol. The van der Waals surface area contributed by atoms with Gasteiger partial charge in [-0.2, -0.15) is 0 Å². The van der Waals surface area contributed by atoms with E-state index in [9.17, 15) is 4.79 Å². The molecule has 17 heavy (non-hydrogen) atoms. The summed E-state index contributed by atoms with van der Waals surface area (Å²) in [5, 5.41) is 9.16. The number of piperidine rings is 1. The molecule has 2 heterocycles. The second kappa shape index (κ2) is 5.60. The van der Waals surface area contributed by atoms with Gasteiger partial charge in [0.05, 0.1) is 5.01 Å². The lowest BCUT2D eigenvalue weighted by Crippen LogP contribution is -2.44. The number of hydrogen-bond donors (Lipinski definition) is 2. The van der Waals surface area contributed by atoms with Crippen LogP contribution in [0.4, 0.5) is 0 Å². The van der Waals surface area contributed by atoms with Gasteiger partial charge in [0.15, 0.2) is 0 Å². The van der Waals surface area contributed by atoms with Crippen LogP contribution in [0.2, 0.25) is 0 Å². The number of amides is 1. The number of carbonyl (C=O) groups excluding carboxylic acids is 1. The highest BCUT2D eigenvalue weighted by atomic mass is 32.1. The van der Waals surface area contributed by atoms with Crippen molar-refractivity contribution in [3.8, 4) is 0 Å². The molecule has 2 rings (SSSR count). The Hall–Kier alpha value is -0.940. The minimum atomic E-state index is -0.0487. The number of rotatable bonds is 3. The number of aryl methyl sites for hydroxylation is 1. The number of thiazole rings is 1. The molecule has 0 spiro atoms. The summed E-state index contributed by atoms with van der Waals surface area (Å²) in [6.45, 7) is 6.09. The summed E-state index contributed by atoms with van der Waals surface area (Å²) in [4.78, 5) is 16.1. The third kappa shape index (κ3) is 3.26. The molecule has 1 fully saturated rings. The minimum Gasteiger partial charge on any atom is -0.348 e. The topological polar surface area (TPSA) is 54.0 Å². The fourth-order valence-corrected chi connectivity index (χ4v) is 2.76. The Morgan fingerprint density at radius 1 is 1.71 bits per heavy atom. The molecule has 2 unspecified atom stereocenters. The molecule has 0 saturated carbocycles. The molecular formula is C12H19N3OS. The molecular weight excluding hydrogens is 234 g/mol. The van der Waals surface area contributed by atoms with E-state index in [2.05, 4.69) is 22.5 Å². The van der Waals surface area contributed by atoms with Crippen molar-refractivity contribution in [3.05, 3.63) is 16.1 Å².